The Bertz CT molecular complexity index is 412. The highest BCUT2D eigenvalue weighted by atomic mass is 19.1. The lowest BCUT2D eigenvalue weighted by Gasteiger charge is -2.31. The topological polar surface area (TPSA) is 24.5 Å². The lowest BCUT2D eigenvalue weighted by molar-refractivity contribution is 0.203. The molecule has 0 aliphatic rings. The molecule has 4 heteroatoms. The molecule has 120 valence electrons. The van der Waals surface area contributed by atoms with Crippen molar-refractivity contribution < 1.29 is 9.13 Å². The predicted molar refractivity (Wildman–Crippen MR) is 87.4 cm³/mol. The van der Waals surface area contributed by atoms with Gasteiger partial charge in [-0.15, -0.1) is 0 Å². The Morgan fingerprint density at radius 2 is 2.10 bits per heavy atom. The maximum absolute atomic E-state index is 14.4. The second-order valence-electron chi connectivity index (χ2n) is 5.41. The minimum atomic E-state index is -0.151. The zero-order valence-electron chi connectivity index (χ0n) is 13.8. The van der Waals surface area contributed by atoms with Crippen LogP contribution in [-0.4, -0.2) is 32.8 Å². The van der Waals surface area contributed by atoms with Crippen LogP contribution in [0.5, 0.6) is 0 Å². The Balaban J connectivity index is 2.83. The largest absolute Gasteiger partial charge is 0.383 e. The Hall–Kier alpha value is -1.13. The molecule has 1 unspecified atom stereocenters. The van der Waals surface area contributed by atoms with Gasteiger partial charge in [-0.3, -0.25) is 0 Å². The molecule has 1 atom stereocenters. The molecule has 1 rings (SSSR count). The normalized spacial score (nSPS) is 12.4. The summed E-state index contributed by atoms with van der Waals surface area (Å²) in [7, 11) is 1.67. The van der Waals surface area contributed by atoms with E-state index in [-0.39, 0.29) is 5.82 Å². The number of nitrogens with one attached hydrogen (secondary N) is 1. The highest BCUT2D eigenvalue weighted by Gasteiger charge is 2.16. The van der Waals surface area contributed by atoms with E-state index in [9.17, 15) is 4.39 Å². The van der Waals surface area contributed by atoms with Crippen LogP contribution in [0, 0.1) is 5.82 Å². The summed E-state index contributed by atoms with van der Waals surface area (Å²) in [5, 5.41) is 3.30. The average molecular weight is 296 g/mol. The smallest absolute Gasteiger partial charge is 0.146 e. The first-order valence-electron chi connectivity index (χ1n) is 7.88. The van der Waals surface area contributed by atoms with Gasteiger partial charge in [-0.25, -0.2) is 4.39 Å². The predicted octanol–water partition coefficient (Wildman–Crippen LogP) is 3.58. The van der Waals surface area contributed by atoms with Crippen LogP contribution in [0.15, 0.2) is 18.2 Å². The van der Waals surface area contributed by atoms with Crippen molar-refractivity contribution in [2.45, 2.75) is 46.2 Å². The van der Waals surface area contributed by atoms with Crippen molar-refractivity contribution in [1.82, 2.24) is 5.32 Å². The lowest BCUT2D eigenvalue weighted by Crippen LogP contribution is -2.36. The molecule has 1 aromatic rings. The molecule has 1 N–H and O–H groups in total. The van der Waals surface area contributed by atoms with E-state index in [4.69, 9.17) is 4.74 Å². The lowest BCUT2D eigenvalue weighted by atomic mass is 10.1. The van der Waals surface area contributed by atoms with Gasteiger partial charge in [-0.05, 0) is 44.0 Å². The molecular weight excluding hydrogens is 267 g/mol. The number of methoxy groups -OCH3 is 1. The van der Waals surface area contributed by atoms with E-state index in [1.54, 1.807) is 13.2 Å². The van der Waals surface area contributed by atoms with Gasteiger partial charge in [-0.2, -0.15) is 0 Å². The molecule has 21 heavy (non-hydrogen) atoms. The summed E-state index contributed by atoms with van der Waals surface area (Å²) in [5.74, 6) is -0.151. The van der Waals surface area contributed by atoms with Crippen LogP contribution in [0.2, 0.25) is 0 Å². The van der Waals surface area contributed by atoms with E-state index in [1.165, 1.54) is 0 Å². The molecule has 0 amide bonds. The molecule has 0 bridgehead atoms. The highest BCUT2D eigenvalue weighted by molar-refractivity contribution is 5.50. The van der Waals surface area contributed by atoms with E-state index in [2.05, 4.69) is 31.0 Å². The third-order valence-corrected chi connectivity index (χ3v) is 3.74. The maximum atomic E-state index is 14.4. The van der Waals surface area contributed by atoms with Crippen molar-refractivity contribution >= 4 is 5.69 Å². The van der Waals surface area contributed by atoms with Crippen molar-refractivity contribution in [3.8, 4) is 0 Å². The van der Waals surface area contributed by atoms with Gasteiger partial charge in [-0.1, -0.05) is 19.9 Å². The third kappa shape index (κ3) is 5.64. The maximum Gasteiger partial charge on any atom is 0.146 e. The summed E-state index contributed by atoms with van der Waals surface area (Å²) < 4.78 is 19.6. The van der Waals surface area contributed by atoms with Crippen molar-refractivity contribution in [2.24, 2.45) is 0 Å². The van der Waals surface area contributed by atoms with E-state index in [0.717, 1.165) is 24.9 Å². The Morgan fingerprint density at radius 1 is 1.33 bits per heavy atom. The van der Waals surface area contributed by atoms with E-state index >= 15 is 0 Å². The number of hydrogen-bond acceptors (Lipinski definition) is 3. The molecule has 0 aliphatic heterocycles. The number of nitrogens with zero attached hydrogens (tertiary/aromatic N) is 1. The van der Waals surface area contributed by atoms with Crippen LogP contribution >= 0.6 is 0 Å². The van der Waals surface area contributed by atoms with E-state index < -0.39 is 0 Å². The summed E-state index contributed by atoms with van der Waals surface area (Å²) in [6.07, 6.45) is 2.06. The fraction of sp³-hybridized carbons (Fsp3) is 0.647. The standard InChI is InChI=1S/C17H29FN2O/c1-5-9-19-13-15-7-8-17(16(18)12-15)20(10-11-21-4)14(3)6-2/h7-8,12,14,19H,5-6,9-11,13H2,1-4H3. The zero-order chi connectivity index (χ0) is 15.7. The number of benzene rings is 1. The zero-order valence-corrected chi connectivity index (χ0v) is 13.8. The Labute approximate surface area is 128 Å². The SMILES string of the molecule is CCCNCc1ccc(N(CCOC)C(C)CC)c(F)c1. The molecule has 0 saturated heterocycles. The van der Waals surface area contributed by atoms with Gasteiger partial charge in [0.15, 0.2) is 0 Å². The summed E-state index contributed by atoms with van der Waals surface area (Å²) in [6, 6.07) is 5.82. The van der Waals surface area contributed by atoms with Crippen molar-refractivity contribution in [2.75, 3.05) is 31.7 Å². The van der Waals surface area contributed by atoms with Gasteiger partial charge in [0, 0.05) is 26.2 Å². The minimum Gasteiger partial charge on any atom is -0.383 e. The molecule has 0 heterocycles. The molecule has 0 fully saturated rings. The summed E-state index contributed by atoms with van der Waals surface area (Å²) in [6.45, 7) is 9.33. The number of halogens is 1. The van der Waals surface area contributed by atoms with Crippen LogP contribution in [-0.2, 0) is 11.3 Å². The number of hydrogen-bond donors (Lipinski definition) is 1. The van der Waals surface area contributed by atoms with Crippen molar-refractivity contribution in [1.29, 1.82) is 0 Å². The van der Waals surface area contributed by atoms with Gasteiger partial charge in [0.2, 0.25) is 0 Å². The molecule has 0 spiro atoms. The van der Waals surface area contributed by atoms with Crippen LogP contribution in [0.3, 0.4) is 0 Å². The van der Waals surface area contributed by atoms with Gasteiger partial charge >= 0.3 is 0 Å². The quantitative estimate of drug-likeness (QED) is 0.668. The van der Waals surface area contributed by atoms with Crippen LogP contribution in [0.1, 0.15) is 39.2 Å². The second kappa shape index (κ2) is 9.74. The van der Waals surface area contributed by atoms with Gasteiger partial charge < -0.3 is 15.0 Å². The summed E-state index contributed by atoms with van der Waals surface area (Å²) >= 11 is 0. The third-order valence-electron chi connectivity index (χ3n) is 3.74. The molecule has 0 radical (unpaired) electrons. The molecule has 0 aliphatic carbocycles. The molecule has 0 saturated carbocycles. The van der Waals surface area contributed by atoms with Crippen LogP contribution in [0.4, 0.5) is 10.1 Å². The number of ether oxygens (including phenoxy) is 1. The van der Waals surface area contributed by atoms with E-state index in [1.807, 2.05) is 12.1 Å². The Morgan fingerprint density at radius 3 is 2.67 bits per heavy atom. The van der Waals surface area contributed by atoms with Gasteiger partial charge in [0.05, 0.1) is 12.3 Å². The molecule has 1 aromatic carbocycles. The molecular formula is C17H29FN2O. The van der Waals surface area contributed by atoms with Gasteiger partial charge in [0.25, 0.3) is 0 Å². The second-order valence-corrected chi connectivity index (χ2v) is 5.41. The van der Waals surface area contributed by atoms with Crippen LogP contribution < -0.4 is 10.2 Å². The monoisotopic (exact) mass is 296 g/mol. The summed E-state index contributed by atoms with van der Waals surface area (Å²) in [4.78, 5) is 2.09. The fourth-order valence-electron chi connectivity index (χ4n) is 2.29. The fourth-order valence-corrected chi connectivity index (χ4v) is 2.29. The highest BCUT2D eigenvalue weighted by Crippen LogP contribution is 2.23. The average Bonchev–Trinajstić information content (AvgIpc) is 2.49. The van der Waals surface area contributed by atoms with Crippen molar-refractivity contribution in [3.63, 3.8) is 0 Å². The Kier molecular flexibility index (Phi) is 8.31. The summed E-state index contributed by atoms with van der Waals surface area (Å²) in [5.41, 5.74) is 1.65. The number of anilines is 1. The minimum absolute atomic E-state index is 0.151. The molecule has 3 nitrogen and oxygen atoms in total. The van der Waals surface area contributed by atoms with Gasteiger partial charge in [0.1, 0.15) is 5.82 Å². The first kappa shape index (κ1) is 17.9. The number of rotatable bonds is 10. The van der Waals surface area contributed by atoms with Crippen LogP contribution in [0.25, 0.3) is 0 Å². The van der Waals surface area contributed by atoms with E-state index in [0.29, 0.717) is 31.4 Å². The van der Waals surface area contributed by atoms with Crippen molar-refractivity contribution in [3.05, 3.63) is 29.6 Å². The first-order chi connectivity index (χ1) is 10.1. The first-order valence-corrected chi connectivity index (χ1v) is 7.88. The molecule has 0 aromatic heterocycles.